The van der Waals surface area contributed by atoms with E-state index in [0.717, 1.165) is 24.8 Å². The largest absolute Gasteiger partial charge is 0.489 e. The summed E-state index contributed by atoms with van der Waals surface area (Å²) in [6.07, 6.45) is 3.99. The molecule has 0 spiro atoms. The molecule has 1 saturated heterocycles. The van der Waals surface area contributed by atoms with Gasteiger partial charge in [0, 0.05) is 42.0 Å². The number of amides is 1. The maximum atomic E-state index is 13.6. The molecule has 5 rings (SSSR count). The average Bonchev–Trinajstić information content (AvgIpc) is 3.38. The van der Waals surface area contributed by atoms with E-state index in [0.29, 0.717) is 77.9 Å². The van der Waals surface area contributed by atoms with Crippen molar-refractivity contribution in [3.8, 4) is 23.1 Å². The van der Waals surface area contributed by atoms with Gasteiger partial charge in [-0.25, -0.2) is 14.8 Å². The van der Waals surface area contributed by atoms with Gasteiger partial charge in [0.2, 0.25) is 5.95 Å². The Labute approximate surface area is 314 Å². The fourth-order valence-corrected chi connectivity index (χ4v) is 7.17. The van der Waals surface area contributed by atoms with Crippen LogP contribution >= 0.6 is 11.6 Å². The Kier molecular flexibility index (Phi) is 11.9. The van der Waals surface area contributed by atoms with Crippen LogP contribution in [0, 0.1) is 11.3 Å². The van der Waals surface area contributed by atoms with E-state index in [9.17, 15) is 10.1 Å². The first-order valence-electron chi connectivity index (χ1n) is 17.9. The van der Waals surface area contributed by atoms with Gasteiger partial charge < -0.3 is 28.7 Å². The van der Waals surface area contributed by atoms with Crippen LogP contribution in [-0.2, 0) is 24.1 Å². The molecule has 1 N–H and O–H groups in total. The van der Waals surface area contributed by atoms with E-state index < -0.39 is 25.4 Å². The quantitative estimate of drug-likeness (QED) is 0.150. The number of benzene rings is 2. The first kappa shape index (κ1) is 39.5. The maximum absolute atomic E-state index is 13.6. The van der Waals surface area contributed by atoms with Crippen molar-refractivity contribution in [2.45, 2.75) is 103 Å². The molecule has 2 aliphatic rings. The highest BCUT2D eigenvalue weighted by Gasteiger charge is 2.47. The van der Waals surface area contributed by atoms with Gasteiger partial charge in [0.15, 0.2) is 14.6 Å². The minimum Gasteiger partial charge on any atom is -0.489 e. The second kappa shape index (κ2) is 15.7. The summed E-state index contributed by atoms with van der Waals surface area (Å²) in [4.78, 5) is 24.5. The Balaban J connectivity index is 1.44. The van der Waals surface area contributed by atoms with E-state index >= 15 is 0 Å². The highest BCUT2D eigenvalue weighted by atomic mass is 35.5. The number of halogens is 1. The fraction of sp³-hybridized carbons (Fsp3) is 0.538. The van der Waals surface area contributed by atoms with E-state index in [1.165, 1.54) is 0 Å². The zero-order chi connectivity index (χ0) is 37.9. The lowest BCUT2D eigenvalue weighted by Crippen LogP contribution is -2.46. The number of hydrogen-bond acceptors (Lipinski definition) is 10. The SMILES string of the molecule is CC(C)(C)OC(=O)N1CC(C)(CO[Si](C)(C)C(C)(C)C)c2cc(-c3ccnc(Nc4cc(Cl)ccc4OCCOC4CCCCO4)n3)cc(C#N)c21. The lowest BCUT2D eigenvalue weighted by molar-refractivity contribution is -0.165. The number of ether oxygens (including phenoxy) is 4. The summed E-state index contributed by atoms with van der Waals surface area (Å²) < 4.78 is 30.1. The van der Waals surface area contributed by atoms with Crippen molar-refractivity contribution in [2.24, 2.45) is 0 Å². The zero-order valence-electron chi connectivity index (χ0n) is 31.9. The fourth-order valence-electron chi connectivity index (χ4n) is 5.88. The molecule has 11 nitrogen and oxygen atoms in total. The first-order valence-corrected chi connectivity index (χ1v) is 21.2. The molecule has 13 heteroatoms. The van der Waals surface area contributed by atoms with Crippen molar-refractivity contribution in [3.05, 3.63) is 58.7 Å². The summed E-state index contributed by atoms with van der Waals surface area (Å²) in [6, 6.07) is 13.2. The highest BCUT2D eigenvalue weighted by molar-refractivity contribution is 6.74. The molecule has 1 aromatic heterocycles. The number of carbonyl (C=O) groups excluding carboxylic acids is 1. The standard InChI is InChI=1S/C39H52ClN5O6Si/c1-37(2,3)51-36(46)45-24-39(7,25-50-52(8,9)38(4,5)6)29-21-26(20-27(23-41)34(29)45)30-15-16-42-35(43-30)44-31-22-28(40)13-14-32(31)47-18-19-49-33-12-10-11-17-48-33/h13-16,20-22,33H,10-12,17-19,24-25H2,1-9H3,(H,42,43,44). The Hall–Kier alpha value is -3.73. The van der Waals surface area contributed by atoms with Crippen LogP contribution < -0.4 is 15.0 Å². The highest BCUT2D eigenvalue weighted by Crippen LogP contribution is 2.47. The second-order valence-electron chi connectivity index (χ2n) is 16.3. The van der Waals surface area contributed by atoms with Crippen LogP contribution in [0.2, 0.25) is 23.2 Å². The van der Waals surface area contributed by atoms with Crippen molar-refractivity contribution < 1.29 is 28.2 Å². The van der Waals surface area contributed by atoms with Gasteiger partial charge in [-0.15, -0.1) is 0 Å². The van der Waals surface area contributed by atoms with Crippen LogP contribution in [0.1, 0.15) is 78.9 Å². The van der Waals surface area contributed by atoms with Crippen LogP contribution in [0.3, 0.4) is 0 Å². The molecule has 1 amide bonds. The number of nitriles is 1. The van der Waals surface area contributed by atoms with Gasteiger partial charge >= 0.3 is 6.09 Å². The number of aromatic nitrogens is 2. The first-order chi connectivity index (χ1) is 24.4. The predicted molar refractivity (Wildman–Crippen MR) is 206 cm³/mol. The van der Waals surface area contributed by atoms with E-state index in [4.69, 9.17) is 40.0 Å². The topological polar surface area (TPSA) is 128 Å². The Bertz CT molecular complexity index is 1800. The molecule has 2 unspecified atom stereocenters. The number of carbonyl (C=O) groups is 1. The minimum absolute atomic E-state index is 0.00870. The van der Waals surface area contributed by atoms with E-state index in [1.54, 1.807) is 41.4 Å². The van der Waals surface area contributed by atoms with Gasteiger partial charge in [0.25, 0.3) is 0 Å². The molecule has 2 aromatic carbocycles. The van der Waals surface area contributed by atoms with E-state index in [-0.39, 0.29) is 11.3 Å². The van der Waals surface area contributed by atoms with E-state index in [2.05, 4.69) is 57.2 Å². The van der Waals surface area contributed by atoms with Crippen LogP contribution in [0.15, 0.2) is 42.6 Å². The second-order valence-corrected chi connectivity index (χ2v) is 21.5. The number of anilines is 3. The Morgan fingerprint density at radius 3 is 2.58 bits per heavy atom. The summed E-state index contributed by atoms with van der Waals surface area (Å²) in [5.74, 6) is 0.880. The van der Waals surface area contributed by atoms with Crippen molar-refractivity contribution in [1.82, 2.24) is 9.97 Å². The van der Waals surface area contributed by atoms with E-state index in [1.807, 2.05) is 26.8 Å². The zero-order valence-corrected chi connectivity index (χ0v) is 33.6. The third kappa shape index (κ3) is 9.43. The van der Waals surface area contributed by atoms with Gasteiger partial charge in [0.1, 0.15) is 24.0 Å². The minimum atomic E-state index is -2.16. The molecule has 0 aliphatic carbocycles. The van der Waals surface area contributed by atoms with Crippen molar-refractivity contribution >= 4 is 43.3 Å². The predicted octanol–water partition coefficient (Wildman–Crippen LogP) is 9.37. The lowest BCUT2D eigenvalue weighted by Gasteiger charge is -2.39. The third-order valence-electron chi connectivity index (χ3n) is 9.75. The number of nitrogens with zero attached hydrogens (tertiary/aromatic N) is 4. The average molecular weight is 750 g/mol. The molecule has 2 aliphatic heterocycles. The van der Waals surface area contributed by atoms with Crippen LogP contribution in [-0.4, -0.2) is 69.2 Å². The third-order valence-corrected chi connectivity index (χ3v) is 14.5. The summed E-state index contributed by atoms with van der Waals surface area (Å²) in [5.41, 5.74) is 2.25. The van der Waals surface area contributed by atoms with Crippen molar-refractivity contribution in [1.29, 1.82) is 5.26 Å². The van der Waals surface area contributed by atoms with Gasteiger partial charge in [-0.2, -0.15) is 5.26 Å². The molecule has 0 radical (unpaired) electrons. The maximum Gasteiger partial charge on any atom is 0.414 e. The summed E-state index contributed by atoms with van der Waals surface area (Å²) >= 11 is 6.38. The van der Waals surface area contributed by atoms with Crippen LogP contribution in [0.4, 0.5) is 22.1 Å². The molecular weight excluding hydrogens is 698 g/mol. The molecule has 52 heavy (non-hydrogen) atoms. The summed E-state index contributed by atoms with van der Waals surface area (Å²) in [5, 5.41) is 14.2. The molecule has 0 bridgehead atoms. The molecule has 2 atom stereocenters. The summed E-state index contributed by atoms with van der Waals surface area (Å²) in [6.45, 7) is 20.7. The number of rotatable bonds is 11. The molecule has 280 valence electrons. The van der Waals surface area contributed by atoms with Crippen molar-refractivity contribution in [3.63, 3.8) is 0 Å². The van der Waals surface area contributed by atoms with Gasteiger partial charge in [-0.1, -0.05) is 39.3 Å². The lowest BCUT2D eigenvalue weighted by atomic mass is 9.83. The smallest absolute Gasteiger partial charge is 0.414 e. The van der Waals surface area contributed by atoms with Crippen LogP contribution in [0.5, 0.6) is 5.75 Å². The van der Waals surface area contributed by atoms with Crippen molar-refractivity contribution in [2.75, 3.05) is 43.2 Å². The number of hydrogen-bond donors (Lipinski definition) is 1. The number of nitrogens with one attached hydrogen (secondary N) is 1. The summed E-state index contributed by atoms with van der Waals surface area (Å²) in [7, 11) is -2.16. The Morgan fingerprint density at radius 1 is 1.13 bits per heavy atom. The Morgan fingerprint density at radius 2 is 1.90 bits per heavy atom. The van der Waals surface area contributed by atoms with Gasteiger partial charge in [0.05, 0.1) is 29.2 Å². The van der Waals surface area contributed by atoms with Crippen LogP contribution in [0.25, 0.3) is 11.3 Å². The molecule has 3 aromatic rings. The molecule has 3 heterocycles. The normalized spacial score (nSPS) is 19.2. The molecular formula is C39H52ClN5O6Si. The molecule has 1 fully saturated rings. The monoisotopic (exact) mass is 749 g/mol. The number of fused-ring (bicyclic) bond motifs is 1. The van der Waals surface area contributed by atoms with Gasteiger partial charge in [-0.3, -0.25) is 4.90 Å². The molecule has 0 saturated carbocycles. The van der Waals surface area contributed by atoms with Gasteiger partial charge in [-0.05, 0) is 100 Å².